The minimum Gasteiger partial charge on any atom is -0.312 e. The molecule has 0 radical (unpaired) electrons. The van der Waals surface area contributed by atoms with E-state index in [9.17, 15) is 0 Å². The maximum absolute atomic E-state index is 4.00. The lowest BCUT2D eigenvalue weighted by Crippen LogP contribution is -2.33. The van der Waals surface area contributed by atoms with Crippen LogP contribution in [0, 0.1) is 0 Å². The molecule has 2 heteroatoms. The summed E-state index contributed by atoms with van der Waals surface area (Å²) in [5.74, 6) is 0. The molecule has 0 fully saturated rings. The molecule has 84 valence electrons. The summed E-state index contributed by atoms with van der Waals surface area (Å²) in [6.45, 7) is 12.6. The lowest BCUT2D eigenvalue weighted by Gasteiger charge is -2.24. The first-order valence-corrected chi connectivity index (χ1v) is 6.35. The molecule has 0 amide bonds. The van der Waals surface area contributed by atoms with Crippen LogP contribution < -0.4 is 5.32 Å². The monoisotopic (exact) mass is 223 g/mol. The summed E-state index contributed by atoms with van der Waals surface area (Å²) in [6.07, 6.45) is 1.06. The Balaban J connectivity index is 2.41. The Hall–Kier alpha value is -0.600. The third-order valence-electron chi connectivity index (χ3n) is 2.63. The molecule has 0 aliphatic rings. The quantitative estimate of drug-likeness (QED) is 0.727. The van der Waals surface area contributed by atoms with E-state index in [2.05, 4.69) is 50.2 Å². The van der Waals surface area contributed by atoms with Crippen molar-refractivity contribution in [2.24, 2.45) is 0 Å². The van der Waals surface area contributed by atoms with Crippen LogP contribution in [0.1, 0.15) is 32.1 Å². The zero-order valence-electron chi connectivity index (χ0n) is 9.97. The van der Waals surface area contributed by atoms with Crippen molar-refractivity contribution in [1.82, 2.24) is 5.32 Å². The topological polar surface area (TPSA) is 12.0 Å². The van der Waals surface area contributed by atoms with Crippen molar-refractivity contribution in [3.63, 3.8) is 0 Å². The first-order chi connectivity index (χ1) is 7.06. The molecule has 0 aliphatic carbocycles. The van der Waals surface area contributed by atoms with Gasteiger partial charge in [0.1, 0.15) is 0 Å². The highest BCUT2D eigenvalue weighted by atomic mass is 32.1. The van der Waals surface area contributed by atoms with Gasteiger partial charge in [-0.25, -0.2) is 0 Å². The average molecular weight is 223 g/mol. The van der Waals surface area contributed by atoms with Crippen LogP contribution >= 0.6 is 11.3 Å². The van der Waals surface area contributed by atoms with Crippen LogP contribution in [0.15, 0.2) is 29.7 Å². The van der Waals surface area contributed by atoms with Crippen LogP contribution in [0.2, 0.25) is 0 Å². The zero-order valence-corrected chi connectivity index (χ0v) is 10.8. The maximum atomic E-state index is 4.00. The van der Waals surface area contributed by atoms with Crippen molar-refractivity contribution in [2.45, 2.75) is 32.6 Å². The first-order valence-electron chi connectivity index (χ1n) is 5.47. The molecule has 15 heavy (non-hydrogen) atoms. The van der Waals surface area contributed by atoms with E-state index in [1.165, 1.54) is 10.5 Å². The first kappa shape index (κ1) is 12.5. The maximum Gasteiger partial charge on any atom is 0.0162 e. The molecular formula is C13H21NS. The van der Waals surface area contributed by atoms with Gasteiger partial charge in [0.2, 0.25) is 0 Å². The summed E-state index contributed by atoms with van der Waals surface area (Å²) >= 11 is 1.83. The van der Waals surface area contributed by atoms with Crippen molar-refractivity contribution in [3.8, 4) is 0 Å². The molecule has 0 atom stereocenters. The molecule has 1 N–H and O–H groups in total. The van der Waals surface area contributed by atoms with Crippen LogP contribution in [-0.4, -0.2) is 13.1 Å². The van der Waals surface area contributed by atoms with Crippen molar-refractivity contribution in [3.05, 3.63) is 34.5 Å². The summed E-state index contributed by atoms with van der Waals surface area (Å²) < 4.78 is 0. The molecule has 1 aromatic heterocycles. The fourth-order valence-electron chi connectivity index (χ4n) is 1.43. The van der Waals surface area contributed by atoms with Crippen LogP contribution in [0.3, 0.4) is 0 Å². The van der Waals surface area contributed by atoms with E-state index in [1.807, 2.05) is 11.3 Å². The minimum atomic E-state index is 0.224. The predicted octanol–water partition coefficient (Wildman–Crippen LogP) is 3.58. The second-order valence-corrected chi connectivity index (χ2v) is 5.52. The van der Waals surface area contributed by atoms with Gasteiger partial charge >= 0.3 is 0 Å². The van der Waals surface area contributed by atoms with Gasteiger partial charge in [-0.2, -0.15) is 0 Å². The lowest BCUT2D eigenvalue weighted by molar-refractivity contribution is 0.488. The Kier molecular flexibility index (Phi) is 4.55. The normalized spacial score (nSPS) is 11.7. The Morgan fingerprint density at radius 1 is 1.53 bits per heavy atom. The van der Waals surface area contributed by atoms with Gasteiger partial charge in [-0.3, -0.25) is 0 Å². The summed E-state index contributed by atoms with van der Waals surface area (Å²) in [7, 11) is 0. The van der Waals surface area contributed by atoms with Crippen LogP contribution in [0.25, 0.3) is 0 Å². The Labute approximate surface area is 97.2 Å². The summed E-state index contributed by atoms with van der Waals surface area (Å²) in [4.78, 5) is 1.44. The van der Waals surface area contributed by atoms with Gasteiger partial charge in [-0.1, -0.05) is 39.0 Å². The molecule has 0 bridgehead atoms. The molecule has 1 heterocycles. The fraction of sp³-hybridized carbons (Fsp3) is 0.538. The van der Waals surface area contributed by atoms with Crippen molar-refractivity contribution in [1.29, 1.82) is 0 Å². The number of hydrogen-bond acceptors (Lipinski definition) is 2. The lowest BCUT2D eigenvalue weighted by atomic mass is 9.91. The van der Waals surface area contributed by atoms with E-state index < -0.39 is 0 Å². The number of nitrogens with one attached hydrogen (secondary N) is 1. The van der Waals surface area contributed by atoms with Gasteiger partial charge in [0.05, 0.1) is 0 Å². The van der Waals surface area contributed by atoms with Gasteiger partial charge in [0.25, 0.3) is 0 Å². The molecule has 0 aliphatic heterocycles. The van der Waals surface area contributed by atoms with Crippen molar-refractivity contribution >= 4 is 11.3 Å². The Morgan fingerprint density at radius 3 is 2.80 bits per heavy atom. The molecule has 1 nitrogen and oxygen atoms in total. The van der Waals surface area contributed by atoms with E-state index in [1.54, 1.807) is 0 Å². The number of thiophene rings is 1. The van der Waals surface area contributed by atoms with Gasteiger partial charge in [0.15, 0.2) is 0 Å². The highest BCUT2D eigenvalue weighted by Gasteiger charge is 2.20. The molecular weight excluding hydrogens is 202 g/mol. The van der Waals surface area contributed by atoms with Crippen molar-refractivity contribution < 1.29 is 0 Å². The van der Waals surface area contributed by atoms with Gasteiger partial charge in [-0.15, -0.1) is 11.3 Å². The predicted molar refractivity (Wildman–Crippen MR) is 69.6 cm³/mol. The SMILES string of the molecule is C=C(CC)CNCC(C)(C)c1cccs1. The largest absolute Gasteiger partial charge is 0.312 e. The average Bonchev–Trinajstić information content (AvgIpc) is 2.70. The smallest absolute Gasteiger partial charge is 0.0162 e. The van der Waals surface area contributed by atoms with E-state index in [0.717, 1.165) is 19.5 Å². The summed E-state index contributed by atoms with van der Waals surface area (Å²) in [6, 6.07) is 4.33. The highest BCUT2D eigenvalue weighted by Crippen LogP contribution is 2.26. The Morgan fingerprint density at radius 2 is 2.27 bits per heavy atom. The summed E-state index contributed by atoms with van der Waals surface area (Å²) in [5, 5.41) is 5.61. The van der Waals surface area contributed by atoms with E-state index >= 15 is 0 Å². The third-order valence-corrected chi connectivity index (χ3v) is 3.87. The fourth-order valence-corrected chi connectivity index (χ4v) is 2.28. The second kappa shape index (κ2) is 5.47. The summed E-state index contributed by atoms with van der Waals surface area (Å²) in [5.41, 5.74) is 1.50. The van der Waals surface area contributed by atoms with Gasteiger partial charge in [-0.05, 0) is 17.9 Å². The van der Waals surface area contributed by atoms with E-state index in [-0.39, 0.29) is 5.41 Å². The van der Waals surface area contributed by atoms with Gasteiger partial charge < -0.3 is 5.32 Å². The zero-order chi connectivity index (χ0) is 11.3. The van der Waals surface area contributed by atoms with Crippen LogP contribution in [0.4, 0.5) is 0 Å². The Bertz CT molecular complexity index is 298. The molecule has 0 spiro atoms. The molecule has 1 rings (SSSR count). The van der Waals surface area contributed by atoms with Crippen LogP contribution in [0.5, 0.6) is 0 Å². The molecule has 1 aromatic rings. The van der Waals surface area contributed by atoms with E-state index in [0.29, 0.717) is 0 Å². The molecule has 0 saturated heterocycles. The standard InChI is InChI=1S/C13H21NS/c1-5-11(2)9-14-10-13(3,4)12-7-6-8-15-12/h6-8,14H,2,5,9-10H2,1,3-4H3. The second-order valence-electron chi connectivity index (χ2n) is 4.57. The van der Waals surface area contributed by atoms with Crippen LogP contribution in [-0.2, 0) is 5.41 Å². The number of hydrogen-bond donors (Lipinski definition) is 1. The minimum absolute atomic E-state index is 0.224. The number of rotatable bonds is 6. The molecule has 0 aromatic carbocycles. The molecule has 0 saturated carbocycles. The third kappa shape index (κ3) is 3.80. The highest BCUT2D eigenvalue weighted by molar-refractivity contribution is 7.10. The van der Waals surface area contributed by atoms with E-state index in [4.69, 9.17) is 0 Å². The molecule has 0 unspecified atom stereocenters. The van der Waals surface area contributed by atoms with Crippen molar-refractivity contribution in [2.75, 3.05) is 13.1 Å². The van der Waals surface area contributed by atoms with Gasteiger partial charge in [0, 0.05) is 23.4 Å².